The van der Waals surface area contributed by atoms with E-state index in [4.69, 9.17) is 5.53 Å². The van der Waals surface area contributed by atoms with E-state index >= 15 is 0 Å². The molecule has 0 bridgehead atoms. The highest BCUT2D eigenvalue weighted by Crippen LogP contribution is 2.18. The summed E-state index contributed by atoms with van der Waals surface area (Å²) >= 11 is 0. The van der Waals surface area contributed by atoms with E-state index in [1.165, 1.54) is 0 Å². The Labute approximate surface area is 123 Å². The molecule has 2 rings (SSSR count). The molecule has 5 heteroatoms. The maximum Gasteiger partial charge on any atom is 0.233 e. The molecule has 0 radical (unpaired) electrons. The highest BCUT2D eigenvalue weighted by atomic mass is 16.2. The number of nitrogens with zero attached hydrogens (tertiary/aromatic N) is 3. The van der Waals surface area contributed by atoms with Crippen LogP contribution in [0.15, 0.2) is 59.7 Å². The summed E-state index contributed by atoms with van der Waals surface area (Å²) in [5.41, 5.74) is 11.4. The van der Waals surface area contributed by atoms with Gasteiger partial charge >= 0.3 is 0 Å². The van der Waals surface area contributed by atoms with Gasteiger partial charge in [-0.05, 0) is 23.6 Å². The number of rotatable bonds is 5. The minimum Gasteiger partial charge on any atom is -0.351 e. The third-order valence-electron chi connectivity index (χ3n) is 3.12. The van der Waals surface area contributed by atoms with Gasteiger partial charge in [-0.2, -0.15) is 0 Å². The van der Waals surface area contributed by atoms with Crippen LogP contribution in [0.3, 0.4) is 0 Å². The lowest BCUT2D eigenvalue weighted by molar-refractivity contribution is -0.122. The number of carbonyl (C=O) groups is 1. The highest BCUT2D eigenvalue weighted by Gasteiger charge is 2.18. The molecule has 0 spiro atoms. The monoisotopic (exact) mass is 280 g/mol. The number of carbonyl (C=O) groups excluding carboxylic acids is 1. The van der Waals surface area contributed by atoms with E-state index in [9.17, 15) is 4.79 Å². The van der Waals surface area contributed by atoms with E-state index in [0.717, 1.165) is 11.1 Å². The van der Waals surface area contributed by atoms with Crippen LogP contribution >= 0.6 is 0 Å². The van der Waals surface area contributed by atoms with Crippen LogP contribution in [0.1, 0.15) is 22.7 Å². The predicted molar refractivity (Wildman–Crippen MR) is 81.4 cm³/mol. The Bertz CT molecular complexity index is 646. The molecule has 5 nitrogen and oxygen atoms in total. The van der Waals surface area contributed by atoms with Crippen molar-refractivity contribution in [3.8, 4) is 0 Å². The SMILES string of the molecule is Cc1ccc(C(N=[N+]=[N-])C(=O)NCc2ccccc2)cc1. The lowest BCUT2D eigenvalue weighted by atomic mass is 10.1. The molecule has 0 saturated carbocycles. The number of aryl methyl sites for hydroxylation is 1. The smallest absolute Gasteiger partial charge is 0.233 e. The van der Waals surface area contributed by atoms with Gasteiger partial charge in [-0.15, -0.1) is 0 Å². The lowest BCUT2D eigenvalue weighted by Gasteiger charge is -2.12. The van der Waals surface area contributed by atoms with E-state index in [2.05, 4.69) is 15.3 Å². The van der Waals surface area contributed by atoms with E-state index in [-0.39, 0.29) is 5.91 Å². The first kappa shape index (κ1) is 14.6. The summed E-state index contributed by atoms with van der Waals surface area (Å²) in [6.07, 6.45) is 0. The fourth-order valence-electron chi connectivity index (χ4n) is 1.95. The summed E-state index contributed by atoms with van der Waals surface area (Å²) < 4.78 is 0. The van der Waals surface area contributed by atoms with Crippen LogP contribution in [0.2, 0.25) is 0 Å². The summed E-state index contributed by atoms with van der Waals surface area (Å²) in [5, 5.41) is 6.40. The van der Waals surface area contributed by atoms with Crippen LogP contribution in [0.25, 0.3) is 10.4 Å². The van der Waals surface area contributed by atoms with Crippen molar-refractivity contribution in [2.24, 2.45) is 5.11 Å². The van der Waals surface area contributed by atoms with Crippen LogP contribution in [0.4, 0.5) is 0 Å². The topological polar surface area (TPSA) is 77.9 Å². The average molecular weight is 280 g/mol. The lowest BCUT2D eigenvalue weighted by Crippen LogP contribution is -2.27. The molecule has 1 unspecified atom stereocenters. The first-order valence-electron chi connectivity index (χ1n) is 6.63. The van der Waals surface area contributed by atoms with Crippen LogP contribution in [0.5, 0.6) is 0 Å². The molecular weight excluding hydrogens is 264 g/mol. The number of amides is 1. The zero-order valence-electron chi connectivity index (χ0n) is 11.7. The van der Waals surface area contributed by atoms with Crippen LogP contribution in [-0.4, -0.2) is 5.91 Å². The van der Waals surface area contributed by atoms with Crippen molar-refractivity contribution >= 4 is 5.91 Å². The molecule has 1 amide bonds. The molecule has 0 aromatic heterocycles. The van der Waals surface area contributed by atoms with Crippen molar-refractivity contribution in [3.63, 3.8) is 0 Å². The molecule has 0 aliphatic carbocycles. The number of hydrogen-bond acceptors (Lipinski definition) is 2. The van der Waals surface area contributed by atoms with Gasteiger partial charge in [0.25, 0.3) is 0 Å². The maximum absolute atomic E-state index is 12.2. The minimum absolute atomic E-state index is 0.305. The quantitative estimate of drug-likeness (QED) is 0.506. The van der Waals surface area contributed by atoms with Gasteiger partial charge in [0.2, 0.25) is 5.91 Å². The summed E-state index contributed by atoms with van der Waals surface area (Å²) in [5.74, 6) is -0.305. The van der Waals surface area contributed by atoms with E-state index in [0.29, 0.717) is 12.1 Å². The molecule has 106 valence electrons. The van der Waals surface area contributed by atoms with Gasteiger partial charge in [0.1, 0.15) is 6.04 Å². The molecule has 1 N–H and O–H groups in total. The zero-order chi connectivity index (χ0) is 15.1. The third kappa shape index (κ3) is 4.09. The van der Waals surface area contributed by atoms with Gasteiger partial charge in [-0.3, -0.25) is 4.79 Å². The molecule has 0 aliphatic heterocycles. The molecular formula is C16H16N4O. The molecule has 0 fully saturated rings. The molecule has 21 heavy (non-hydrogen) atoms. The highest BCUT2D eigenvalue weighted by molar-refractivity contribution is 5.83. The summed E-state index contributed by atoms with van der Waals surface area (Å²) in [6.45, 7) is 2.37. The first-order chi connectivity index (χ1) is 10.2. The molecule has 0 saturated heterocycles. The van der Waals surface area contributed by atoms with Gasteiger partial charge in [-0.25, -0.2) is 0 Å². The van der Waals surface area contributed by atoms with Crippen LogP contribution in [-0.2, 0) is 11.3 Å². The van der Waals surface area contributed by atoms with E-state index in [1.54, 1.807) is 12.1 Å². The van der Waals surface area contributed by atoms with Gasteiger partial charge in [0, 0.05) is 11.5 Å². The van der Waals surface area contributed by atoms with Gasteiger partial charge in [-0.1, -0.05) is 65.3 Å². The fourth-order valence-corrected chi connectivity index (χ4v) is 1.95. The Balaban J connectivity index is 2.09. The largest absolute Gasteiger partial charge is 0.351 e. The van der Waals surface area contributed by atoms with Crippen molar-refractivity contribution in [1.29, 1.82) is 0 Å². The van der Waals surface area contributed by atoms with E-state index < -0.39 is 6.04 Å². The number of azide groups is 1. The predicted octanol–water partition coefficient (Wildman–Crippen LogP) is 3.66. The number of nitrogens with one attached hydrogen (secondary N) is 1. The maximum atomic E-state index is 12.2. The van der Waals surface area contributed by atoms with Crippen molar-refractivity contribution in [2.75, 3.05) is 0 Å². The zero-order valence-corrected chi connectivity index (χ0v) is 11.7. The molecule has 2 aromatic carbocycles. The minimum atomic E-state index is -0.848. The summed E-state index contributed by atoms with van der Waals surface area (Å²) in [7, 11) is 0. The Kier molecular flexibility index (Phi) is 4.96. The van der Waals surface area contributed by atoms with Gasteiger partial charge in [0.15, 0.2) is 0 Å². The second kappa shape index (κ2) is 7.12. The summed E-state index contributed by atoms with van der Waals surface area (Å²) in [4.78, 5) is 15.0. The third-order valence-corrected chi connectivity index (χ3v) is 3.12. The van der Waals surface area contributed by atoms with Gasteiger partial charge < -0.3 is 5.32 Å². The Morgan fingerprint density at radius 1 is 1.19 bits per heavy atom. The average Bonchev–Trinajstić information content (AvgIpc) is 2.52. The van der Waals surface area contributed by atoms with Crippen molar-refractivity contribution < 1.29 is 4.79 Å². The molecule has 2 aromatic rings. The van der Waals surface area contributed by atoms with E-state index in [1.807, 2.05) is 49.4 Å². The van der Waals surface area contributed by atoms with Crippen LogP contribution in [0, 0.1) is 6.92 Å². The van der Waals surface area contributed by atoms with Crippen LogP contribution < -0.4 is 5.32 Å². The first-order valence-corrected chi connectivity index (χ1v) is 6.63. The number of hydrogen-bond donors (Lipinski definition) is 1. The molecule has 0 heterocycles. The Hall–Kier alpha value is -2.78. The van der Waals surface area contributed by atoms with Crippen molar-refractivity contribution in [3.05, 3.63) is 81.7 Å². The van der Waals surface area contributed by atoms with Crippen molar-refractivity contribution in [2.45, 2.75) is 19.5 Å². The molecule has 0 aliphatic rings. The van der Waals surface area contributed by atoms with Gasteiger partial charge in [0.05, 0.1) is 0 Å². The summed E-state index contributed by atoms with van der Waals surface area (Å²) in [6, 6.07) is 16.1. The Morgan fingerprint density at radius 3 is 2.48 bits per heavy atom. The van der Waals surface area contributed by atoms with Crippen molar-refractivity contribution in [1.82, 2.24) is 5.32 Å². The second-order valence-electron chi connectivity index (χ2n) is 4.72. The standard InChI is InChI=1S/C16H16N4O/c1-12-7-9-14(10-8-12)15(19-20-17)16(21)18-11-13-5-3-2-4-6-13/h2-10,15H,11H2,1H3,(H,18,21). The number of benzene rings is 2. The molecule has 1 atom stereocenters. The fraction of sp³-hybridized carbons (Fsp3) is 0.188. The normalized spacial score (nSPS) is 11.3. The second-order valence-corrected chi connectivity index (χ2v) is 4.72. The Morgan fingerprint density at radius 2 is 1.86 bits per heavy atom.